The lowest BCUT2D eigenvalue weighted by Gasteiger charge is -2.20. The number of nitrogens with zero attached hydrogens (tertiary/aromatic N) is 2. The lowest BCUT2D eigenvalue weighted by molar-refractivity contribution is 0.0697. The van der Waals surface area contributed by atoms with E-state index >= 15 is 0 Å². The Kier molecular flexibility index (Phi) is 4.27. The van der Waals surface area contributed by atoms with Crippen molar-refractivity contribution in [1.82, 2.24) is 4.98 Å². The minimum atomic E-state index is -1.05. The zero-order valence-corrected chi connectivity index (χ0v) is 11.9. The van der Waals surface area contributed by atoms with E-state index in [9.17, 15) is 9.90 Å². The molecule has 0 unspecified atom stereocenters. The van der Waals surface area contributed by atoms with E-state index in [1.807, 2.05) is 24.3 Å². The van der Waals surface area contributed by atoms with Crippen molar-refractivity contribution < 1.29 is 14.6 Å². The van der Waals surface area contributed by atoms with Gasteiger partial charge < -0.3 is 20.5 Å². The molecule has 110 valence electrons. The second-order valence-electron chi connectivity index (χ2n) is 4.65. The third-order valence-electron chi connectivity index (χ3n) is 3.03. The quantitative estimate of drug-likeness (QED) is 0.874. The van der Waals surface area contributed by atoms with Crippen molar-refractivity contribution in [2.75, 3.05) is 24.8 Å². The van der Waals surface area contributed by atoms with E-state index in [2.05, 4.69) is 4.98 Å². The monoisotopic (exact) mass is 287 g/mol. The molecule has 0 bridgehead atoms. The summed E-state index contributed by atoms with van der Waals surface area (Å²) in [4.78, 5) is 17.2. The lowest BCUT2D eigenvalue weighted by atomic mass is 10.2. The maximum absolute atomic E-state index is 11.3. The van der Waals surface area contributed by atoms with E-state index in [1.54, 1.807) is 19.1 Å². The van der Waals surface area contributed by atoms with Gasteiger partial charge in [0, 0.05) is 13.6 Å². The van der Waals surface area contributed by atoms with E-state index in [4.69, 9.17) is 10.5 Å². The van der Waals surface area contributed by atoms with Crippen LogP contribution in [0, 0.1) is 0 Å². The number of pyridine rings is 1. The molecule has 0 fully saturated rings. The van der Waals surface area contributed by atoms with Crippen LogP contribution in [-0.2, 0) is 6.54 Å². The number of carboxylic acids is 1. The summed E-state index contributed by atoms with van der Waals surface area (Å²) in [5, 5.41) is 9.25. The largest absolute Gasteiger partial charge is 0.497 e. The van der Waals surface area contributed by atoms with Gasteiger partial charge >= 0.3 is 5.97 Å². The minimum Gasteiger partial charge on any atom is -0.497 e. The number of ether oxygens (including phenoxy) is 1. The number of anilines is 2. The van der Waals surface area contributed by atoms with Crippen molar-refractivity contribution in [2.45, 2.75) is 6.54 Å². The number of carboxylic acid groups (broad SMARTS) is 1. The molecule has 0 aliphatic carbocycles. The van der Waals surface area contributed by atoms with Crippen LogP contribution in [0.4, 0.5) is 11.5 Å². The Labute approximate surface area is 122 Å². The Bertz CT molecular complexity index is 658. The first kappa shape index (κ1) is 14.6. The second-order valence-corrected chi connectivity index (χ2v) is 4.65. The Morgan fingerprint density at radius 3 is 2.86 bits per heavy atom. The van der Waals surface area contributed by atoms with Gasteiger partial charge in [-0.1, -0.05) is 12.1 Å². The normalized spacial score (nSPS) is 10.2. The molecule has 0 aliphatic heterocycles. The molecule has 0 radical (unpaired) electrons. The molecule has 1 aromatic heterocycles. The summed E-state index contributed by atoms with van der Waals surface area (Å²) < 4.78 is 5.18. The molecule has 6 heteroatoms. The zero-order valence-electron chi connectivity index (χ0n) is 11.9. The summed E-state index contributed by atoms with van der Waals surface area (Å²) in [6.45, 7) is 0.508. The summed E-state index contributed by atoms with van der Waals surface area (Å²) in [5.41, 5.74) is 7.00. The van der Waals surface area contributed by atoms with Crippen LogP contribution in [0.3, 0.4) is 0 Å². The van der Waals surface area contributed by atoms with Crippen LogP contribution >= 0.6 is 0 Å². The predicted octanol–water partition coefficient (Wildman–Crippen LogP) is 2.01. The molecule has 0 aliphatic rings. The number of methoxy groups -OCH3 is 1. The fourth-order valence-electron chi connectivity index (χ4n) is 2.05. The van der Waals surface area contributed by atoms with Gasteiger partial charge in [-0.3, -0.25) is 0 Å². The number of aromatic carboxylic acids is 1. The fourth-order valence-corrected chi connectivity index (χ4v) is 2.05. The fraction of sp³-hybridized carbons (Fsp3) is 0.200. The number of hydrogen-bond donors (Lipinski definition) is 2. The minimum absolute atomic E-state index is 0.0837. The number of aromatic nitrogens is 1. The van der Waals surface area contributed by atoms with Crippen molar-refractivity contribution in [2.24, 2.45) is 0 Å². The number of nitrogens with two attached hydrogens (primary N) is 1. The van der Waals surface area contributed by atoms with E-state index in [0.717, 1.165) is 11.3 Å². The van der Waals surface area contributed by atoms with Crippen LogP contribution in [0.2, 0.25) is 0 Å². The third kappa shape index (κ3) is 3.42. The first-order valence-electron chi connectivity index (χ1n) is 6.34. The Balaban J connectivity index is 2.27. The molecule has 1 heterocycles. The smallest absolute Gasteiger partial charge is 0.339 e. The second kappa shape index (κ2) is 6.13. The SMILES string of the molecule is COc1cccc(CN(C)c2ncc(N)cc2C(=O)O)c1. The highest BCUT2D eigenvalue weighted by atomic mass is 16.5. The van der Waals surface area contributed by atoms with Gasteiger partial charge in [-0.05, 0) is 23.8 Å². The maximum Gasteiger partial charge on any atom is 0.339 e. The molecule has 0 amide bonds. The molecule has 6 nitrogen and oxygen atoms in total. The molecular weight excluding hydrogens is 270 g/mol. The number of hydrogen-bond acceptors (Lipinski definition) is 5. The first-order chi connectivity index (χ1) is 10.0. The summed E-state index contributed by atoms with van der Waals surface area (Å²) in [6, 6.07) is 8.99. The molecule has 0 saturated carbocycles. The van der Waals surface area contributed by atoms with Gasteiger partial charge in [-0.25, -0.2) is 9.78 Å². The highest BCUT2D eigenvalue weighted by molar-refractivity contribution is 5.94. The van der Waals surface area contributed by atoms with Crippen LogP contribution < -0.4 is 15.4 Å². The summed E-state index contributed by atoms with van der Waals surface area (Å²) in [6.07, 6.45) is 1.45. The zero-order chi connectivity index (χ0) is 15.4. The molecule has 1 aromatic carbocycles. The molecule has 3 N–H and O–H groups in total. The van der Waals surface area contributed by atoms with Gasteiger partial charge in [0.05, 0.1) is 19.0 Å². The van der Waals surface area contributed by atoms with Crippen molar-refractivity contribution in [1.29, 1.82) is 0 Å². The average molecular weight is 287 g/mol. The average Bonchev–Trinajstić information content (AvgIpc) is 2.47. The van der Waals surface area contributed by atoms with Crippen LogP contribution in [0.25, 0.3) is 0 Å². The lowest BCUT2D eigenvalue weighted by Crippen LogP contribution is -2.21. The molecule has 0 saturated heterocycles. The van der Waals surface area contributed by atoms with E-state index in [1.165, 1.54) is 12.3 Å². The van der Waals surface area contributed by atoms with E-state index in [0.29, 0.717) is 18.1 Å². The van der Waals surface area contributed by atoms with Crippen molar-refractivity contribution >= 4 is 17.5 Å². The Hall–Kier alpha value is -2.76. The summed E-state index contributed by atoms with van der Waals surface area (Å²) in [7, 11) is 3.39. The number of nitrogen functional groups attached to an aromatic ring is 1. The van der Waals surface area contributed by atoms with Gasteiger partial charge in [0.1, 0.15) is 17.1 Å². The maximum atomic E-state index is 11.3. The predicted molar refractivity (Wildman–Crippen MR) is 80.7 cm³/mol. The molecule has 21 heavy (non-hydrogen) atoms. The number of rotatable bonds is 5. The van der Waals surface area contributed by atoms with Crippen LogP contribution in [-0.4, -0.2) is 30.2 Å². The molecule has 2 rings (SSSR count). The van der Waals surface area contributed by atoms with Crippen LogP contribution in [0.15, 0.2) is 36.5 Å². The van der Waals surface area contributed by atoms with Gasteiger partial charge in [-0.2, -0.15) is 0 Å². The van der Waals surface area contributed by atoms with Crippen molar-refractivity contribution in [3.8, 4) is 5.75 Å². The molecule has 0 atom stereocenters. The standard InChI is InChI=1S/C15H17N3O3/c1-18(9-10-4-3-5-12(6-10)21-2)14-13(15(19)20)7-11(16)8-17-14/h3-8H,9,16H2,1-2H3,(H,19,20). The highest BCUT2D eigenvalue weighted by Crippen LogP contribution is 2.22. The molecular formula is C15H17N3O3. The van der Waals surface area contributed by atoms with Crippen LogP contribution in [0.5, 0.6) is 5.75 Å². The summed E-state index contributed by atoms with van der Waals surface area (Å²) >= 11 is 0. The Morgan fingerprint density at radius 2 is 2.19 bits per heavy atom. The van der Waals surface area contributed by atoms with E-state index in [-0.39, 0.29) is 5.56 Å². The van der Waals surface area contributed by atoms with Crippen molar-refractivity contribution in [3.05, 3.63) is 47.7 Å². The topological polar surface area (TPSA) is 88.7 Å². The third-order valence-corrected chi connectivity index (χ3v) is 3.03. The Morgan fingerprint density at radius 1 is 1.43 bits per heavy atom. The van der Waals surface area contributed by atoms with Crippen molar-refractivity contribution in [3.63, 3.8) is 0 Å². The highest BCUT2D eigenvalue weighted by Gasteiger charge is 2.16. The van der Waals surface area contributed by atoms with Gasteiger partial charge in [0.2, 0.25) is 0 Å². The number of carbonyl (C=O) groups is 1. The first-order valence-corrected chi connectivity index (χ1v) is 6.34. The van der Waals surface area contributed by atoms with Gasteiger partial charge in [0.15, 0.2) is 0 Å². The van der Waals surface area contributed by atoms with Gasteiger partial charge in [-0.15, -0.1) is 0 Å². The van der Waals surface area contributed by atoms with Gasteiger partial charge in [0.25, 0.3) is 0 Å². The molecule has 0 spiro atoms. The van der Waals surface area contributed by atoms with E-state index < -0.39 is 5.97 Å². The molecule has 2 aromatic rings. The summed E-state index contributed by atoms with van der Waals surface area (Å²) in [5.74, 6) is 0.0754. The number of benzene rings is 1. The van der Waals surface area contributed by atoms with Crippen LogP contribution in [0.1, 0.15) is 15.9 Å².